The highest BCUT2D eigenvalue weighted by molar-refractivity contribution is 7.77. The van der Waals surface area contributed by atoms with Crippen LogP contribution < -0.4 is 0 Å². The van der Waals surface area contributed by atoms with Crippen molar-refractivity contribution in [2.45, 2.75) is 75.5 Å². The summed E-state index contributed by atoms with van der Waals surface area (Å²) in [5, 5.41) is 0. The Labute approximate surface area is 121 Å². The summed E-state index contributed by atoms with van der Waals surface area (Å²) in [5.74, 6) is 0. The molecular formula is C18H32P+. The largest absolute Gasteiger partial charge is 0.0995 e. The lowest BCUT2D eigenvalue weighted by molar-refractivity contribution is 0.479. The third-order valence-corrected chi connectivity index (χ3v) is 11.4. The van der Waals surface area contributed by atoms with Crippen LogP contribution in [0.3, 0.4) is 0 Å². The zero-order chi connectivity index (χ0) is 13.6. The van der Waals surface area contributed by atoms with Gasteiger partial charge in [0, 0.05) is 7.26 Å². The van der Waals surface area contributed by atoms with Crippen molar-refractivity contribution in [3.63, 3.8) is 0 Å². The van der Waals surface area contributed by atoms with E-state index in [1.54, 1.807) is 0 Å². The smallest absolute Gasteiger partial charge is 0.0779 e. The third kappa shape index (κ3) is 3.52. The first-order valence-electron chi connectivity index (χ1n) is 8.41. The predicted molar refractivity (Wildman–Crippen MR) is 90.8 cm³/mol. The molecule has 2 fully saturated rings. The van der Waals surface area contributed by atoms with Crippen molar-refractivity contribution in [2.24, 2.45) is 0 Å². The zero-order valence-corrected chi connectivity index (χ0v) is 13.6. The molecule has 0 unspecified atom stereocenters. The Hall–Kier alpha value is -0.0900. The molecule has 0 aromatic rings. The SMILES string of the molecule is C=CC[P+](CC=C)(C1CCCCC1)C1CCCCC1. The van der Waals surface area contributed by atoms with Gasteiger partial charge in [-0.1, -0.05) is 38.2 Å². The van der Waals surface area contributed by atoms with E-state index in [2.05, 4.69) is 25.3 Å². The molecule has 0 amide bonds. The van der Waals surface area contributed by atoms with Gasteiger partial charge in [0.05, 0.1) is 23.6 Å². The molecule has 0 spiro atoms. The van der Waals surface area contributed by atoms with E-state index in [1.807, 2.05) is 0 Å². The molecule has 0 heterocycles. The molecule has 0 radical (unpaired) electrons. The highest BCUT2D eigenvalue weighted by Gasteiger charge is 2.50. The van der Waals surface area contributed by atoms with Crippen molar-refractivity contribution >= 4 is 7.26 Å². The lowest BCUT2D eigenvalue weighted by Crippen LogP contribution is -2.31. The van der Waals surface area contributed by atoms with E-state index in [4.69, 9.17) is 0 Å². The van der Waals surface area contributed by atoms with Crippen LogP contribution in [0.4, 0.5) is 0 Å². The zero-order valence-electron chi connectivity index (χ0n) is 12.7. The fourth-order valence-corrected chi connectivity index (χ4v) is 10.3. The van der Waals surface area contributed by atoms with Crippen LogP contribution >= 0.6 is 7.26 Å². The quantitative estimate of drug-likeness (QED) is 0.410. The average molecular weight is 279 g/mol. The molecule has 2 aliphatic carbocycles. The van der Waals surface area contributed by atoms with Crippen LogP contribution in [-0.4, -0.2) is 23.6 Å². The van der Waals surface area contributed by atoms with Crippen LogP contribution in [0.2, 0.25) is 0 Å². The van der Waals surface area contributed by atoms with Crippen LogP contribution in [0.25, 0.3) is 0 Å². The van der Waals surface area contributed by atoms with Crippen LogP contribution in [-0.2, 0) is 0 Å². The highest BCUT2D eigenvalue weighted by Crippen LogP contribution is 2.72. The van der Waals surface area contributed by atoms with Crippen molar-refractivity contribution in [2.75, 3.05) is 12.3 Å². The molecule has 0 atom stereocenters. The number of allylic oxidation sites excluding steroid dienone is 2. The monoisotopic (exact) mass is 279 g/mol. The normalized spacial score (nSPS) is 23.2. The molecule has 0 aromatic carbocycles. The topological polar surface area (TPSA) is 0 Å². The molecule has 1 heteroatoms. The maximum atomic E-state index is 4.11. The molecule has 2 rings (SSSR count). The van der Waals surface area contributed by atoms with Gasteiger partial charge in [0.15, 0.2) is 0 Å². The van der Waals surface area contributed by atoms with E-state index in [-0.39, 0.29) is 0 Å². The number of rotatable bonds is 6. The minimum absolute atomic E-state index is 0.883. The van der Waals surface area contributed by atoms with E-state index >= 15 is 0 Å². The maximum absolute atomic E-state index is 4.11. The Morgan fingerprint density at radius 3 is 1.37 bits per heavy atom. The average Bonchev–Trinajstić information content (AvgIpc) is 2.49. The fourth-order valence-electron chi connectivity index (χ4n) is 4.64. The van der Waals surface area contributed by atoms with Crippen molar-refractivity contribution < 1.29 is 0 Å². The molecule has 0 aromatic heterocycles. The molecule has 0 bridgehead atoms. The first kappa shape index (κ1) is 15.3. The third-order valence-electron chi connectivity index (χ3n) is 5.54. The molecule has 108 valence electrons. The summed E-state index contributed by atoms with van der Waals surface area (Å²) in [7, 11) is -0.883. The van der Waals surface area contributed by atoms with Crippen LogP contribution in [0.5, 0.6) is 0 Å². The second kappa shape index (κ2) is 7.63. The van der Waals surface area contributed by atoms with Gasteiger partial charge in [-0.15, -0.1) is 0 Å². The first-order chi connectivity index (χ1) is 9.33. The Bertz CT molecular complexity index is 252. The van der Waals surface area contributed by atoms with E-state index in [9.17, 15) is 0 Å². The van der Waals surface area contributed by atoms with Gasteiger partial charge < -0.3 is 0 Å². The van der Waals surface area contributed by atoms with Crippen LogP contribution in [0.15, 0.2) is 25.3 Å². The van der Waals surface area contributed by atoms with Crippen molar-refractivity contribution in [3.8, 4) is 0 Å². The van der Waals surface area contributed by atoms with E-state index in [0.29, 0.717) is 0 Å². The number of hydrogen-bond donors (Lipinski definition) is 0. The summed E-state index contributed by atoms with van der Waals surface area (Å²) in [5.41, 5.74) is 2.08. The van der Waals surface area contributed by atoms with Crippen molar-refractivity contribution in [1.29, 1.82) is 0 Å². The minimum atomic E-state index is -0.883. The van der Waals surface area contributed by atoms with Gasteiger partial charge in [-0.3, -0.25) is 0 Å². The molecule has 0 saturated heterocycles. The van der Waals surface area contributed by atoms with E-state index < -0.39 is 7.26 Å². The molecule has 19 heavy (non-hydrogen) atoms. The lowest BCUT2D eigenvalue weighted by Gasteiger charge is -2.42. The summed E-state index contributed by atoms with van der Waals surface area (Å²) in [6.45, 7) is 8.22. The van der Waals surface area contributed by atoms with Gasteiger partial charge in [-0.25, -0.2) is 0 Å². The molecule has 2 aliphatic rings. The Kier molecular flexibility index (Phi) is 6.14. The summed E-state index contributed by atoms with van der Waals surface area (Å²) in [6, 6.07) is 0. The summed E-state index contributed by atoms with van der Waals surface area (Å²) >= 11 is 0. The summed E-state index contributed by atoms with van der Waals surface area (Å²) in [4.78, 5) is 0. The summed E-state index contributed by atoms with van der Waals surface area (Å²) in [6.07, 6.45) is 22.0. The maximum Gasteiger partial charge on any atom is 0.0779 e. The standard InChI is InChI=1S/C18H32P/c1-3-15-19(16-4-2,17-11-7-5-8-12-17)18-13-9-6-10-14-18/h3-4,17-18H,1-2,5-16H2/q+1. The Morgan fingerprint density at radius 2 is 1.05 bits per heavy atom. The molecule has 2 saturated carbocycles. The Morgan fingerprint density at radius 1 is 0.684 bits per heavy atom. The van der Waals surface area contributed by atoms with Crippen molar-refractivity contribution in [3.05, 3.63) is 25.3 Å². The fraction of sp³-hybridized carbons (Fsp3) is 0.778. The summed E-state index contributed by atoms with van der Waals surface area (Å²) < 4.78 is 0. The highest BCUT2D eigenvalue weighted by atomic mass is 31.2. The second-order valence-corrected chi connectivity index (χ2v) is 11.0. The second-order valence-electron chi connectivity index (χ2n) is 6.63. The van der Waals surface area contributed by atoms with Gasteiger partial charge in [0.2, 0.25) is 0 Å². The van der Waals surface area contributed by atoms with Gasteiger partial charge >= 0.3 is 0 Å². The predicted octanol–water partition coefficient (Wildman–Crippen LogP) is 6.04. The lowest BCUT2D eigenvalue weighted by atomic mass is 9.99. The molecule has 0 aliphatic heterocycles. The van der Waals surface area contributed by atoms with Gasteiger partial charge in [0.1, 0.15) is 0 Å². The molecule has 0 N–H and O–H groups in total. The number of hydrogen-bond acceptors (Lipinski definition) is 0. The Balaban J connectivity index is 2.21. The van der Waals surface area contributed by atoms with Crippen LogP contribution in [0.1, 0.15) is 64.2 Å². The molecule has 0 nitrogen and oxygen atoms in total. The first-order valence-corrected chi connectivity index (χ1v) is 10.7. The van der Waals surface area contributed by atoms with E-state index in [0.717, 1.165) is 11.3 Å². The van der Waals surface area contributed by atoms with Crippen LogP contribution in [0, 0.1) is 0 Å². The molecular weight excluding hydrogens is 247 g/mol. The van der Waals surface area contributed by atoms with Gasteiger partial charge in [-0.05, 0) is 51.4 Å². The van der Waals surface area contributed by atoms with Gasteiger partial charge in [0.25, 0.3) is 0 Å². The van der Waals surface area contributed by atoms with Gasteiger partial charge in [-0.2, -0.15) is 0 Å². The minimum Gasteiger partial charge on any atom is -0.0995 e. The van der Waals surface area contributed by atoms with Crippen molar-refractivity contribution in [1.82, 2.24) is 0 Å². The van der Waals surface area contributed by atoms with E-state index in [1.165, 1.54) is 76.5 Å².